The van der Waals surface area contributed by atoms with Crippen molar-refractivity contribution in [2.45, 2.75) is 59.0 Å². The topological polar surface area (TPSA) is 24.9 Å². The van der Waals surface area contributed by atoms with Crippen LogP contribution in [0.2, 0.25) is 0 Å². The van der Waals surface area contributed by atoms with Crippen LogP contribution in [0.4, 0.5) is 0 Å². The van der Waals surface area contributed by atoms with Crippen LogP contribution in [0.25, 0.3) is 0 Å². The minimum Gasteiger partial charge on any atom is -0.309 e. The summed E-state index contributed by atoms with van der Waals surface area (Å²) in [6.07, 6.45) is 5.28. The Bertz CT molecular complexity index is 270. The Morgan fingerprint density at radius 2 is 2.27 bits per heavy atom. The third kappa shape index (κ3) is 4.76. The van der Waals surface area contributed by atoms with E-state index in [2.05, 4.69) is 31.1 Å². The second-order valence-electron chi connectivity index (χ2n) is 4.14. The van der Waals surface area contributed by atoms with E-state index in [1.807, 2.05) is 5.51 Å². The number of aromatic nitrogens is 1. The van der Waals surface area contributed by atoms with Crippen molar-refractivity contribution >= 4 is 11.3 Å². The molecule has 0 radical (unpaired) electrons. The highest BCUT2D eigenvalue weighted by atomic mass is 32.1. The van der Waals surface area contributed by atoms with Gasteiger partial charge in [0.2, 0.25) is 0 Å². The Kier molecular flexibility index (Phi) is 5.88. The fraction of sp³-hybridized carbons (Fsp3) is 0.750. The maximum Gasteiger partial charge on any atom is 0.0798 e. The summed E-state index contributed by atoms with van der Waals surface area (Å²) in [5, 5.41) is 3.56. The number of nitrogens with one attached hydrogen (secondary N) is 1. The van der Waals surface area contributed by atoms with Crippen molar-refractivity contribution in [2.75, 3.05) is 0 Å². The van der Waals surface area contributed by atoms with Crippen molar-refractivity contribution in [3.05, 3.63) is 16.1 Å². The van der Waals surface area contributed by atoms with E-state index in [0.717, 1.165) is 6.54 Å². The quantitative estimate of drug-likeness (QED) is 0.720. The second-order valence-corrected chi connectivity index (χ2v) is 5.08. The molecule has 15 heavy (non-hydrogen) atoms. The Morgan fingerprint density at radius 3 is 2.87 bits per heavy atom. The molecule has 3 heteroatoms. The van der Waals surface area contributed by atoms with Crippen LogP contribution in [-0.4, -0.2) is 11.0 Å². The van der Waals surface area contributed by atoms with Crippen LogP contribution < -0.4 is 5.32 Å². The summed E-state index contributed by atoms with van der Waals surface area (Å²) in [4.78, 5) is 5.62. The lowest BCUT2D eigenvalue weighted by Crippen LogP contribution is -2.25. The molecule has 0 saturated heterocycles. The number of unbranched alkanes of at least 4 members (excludes halogenated alkanes) is 2. The molecule has 0 aromatic carbocycles. The predicted octanol–water partition coefficient (Wildman–Crippen LogP) is 3.51. The summed E-state index contributed by atoms with van der Waals surface area (Å²) in [6, 6.07) is 0.623. The van der Waals surface area contributed by atoms with Gasteiger partial charge < -0.3 is 5.32 Å². The molecular formula is C12H22N2S. The largest absolute Gasteiger partial charge is 0.309 e. The Labute approximate surface area is 97.1 Å². The zero-order valence-electron chi connectivity index (χ0n) is 10.0. The van der Waals surface area contributed by atoms with Gasteiger partial charge in [0.25, 0.3) is 0 Å². The molecule has 2 nitrogen and oxygen atoms in total. The van der Waals surface area contributed by atoms with Crippen LogP contribution in [0.15, 0.2) is 5.51 Å². The van der Waals surface area contributed by atoms with Gasteiger partial charge in [-0.1, -0.05) is 26.2 Å². The van der Waals surface area contributed by atoms with Gasteiger partial charge in [-0.2, -0.15) is 0 Å². The fourth-order valence-electron chi connectivity index (χ4n) is 1.57. The van der Waals surface area contributed by atoms with E-state index in [-0.39, 0.29) is 0 Å². The first kappa shape index (κ1) is 12.7. The van der Waals surface area contributed by atoms with Crippen molar-refractivity contribution < 1.29 is 0 Å². The van der Waals surface area contributed by atoms with Gasteiger partial charge >= 0.3 is 0 Å². The molecule has 0 aliphatic rings. The molecular weight excluding hydrogens is 204 g/mol. The summed E-state index contributed by atoms with van der Waals surface area (Å²) in [6.45, 7) is 7.57. The van der Waals surface area contributed by atoms with Gasteiger partial charge in [0, 0.05) is 17.5 Å². The van der Waals surface area contributed by atoms with Gasteiger partial charge in [-0.25, -0.2) is 4.98 Å². The Balaban J connectivity index is 2.16. The summed E-state index contributed by atoms with van der Waals surface area (Å²) >= 11 is 1.75. The van der Waals surface area contributed by atoms with E-state index in [1.54, 1.807) is 11.3 Å². The average Bonchev–Trinajstić information content (AvgIpc) is 2.61. The van der Waals surface area contributed by atoms with Crippen molar-refractivity contribution in [1.29, 1.82) is 0 Å². The number of rotatable bonds is 7. The molecule has 0 aliphatic carbocycles. The lowest BCUT2D eigenvalue weighted by Gasteiger charge is -2.12. The summed E-state index contributed by atoms with van der Waals surface area (Å²) in [5.41, 5.74) is 3.10. The highest BCUT2D eigenvalue weighted by molar-refractivity contribution is 7.09. The molecule has 0 aliphatic heterocycles. The SMILES string of the molecule is CCCCCC(C)NCc1scnc1C. The monoisotopic (exact) mass is 226 g/mol. The molecule has 0 saturated carbocycles. The van der Waals surface area contributed by atoms with Crippen LogP contribution >= 0.6 is 11.3 Å². The molecule has 1 aromatic rings. The van der Waals surface area contributed by atoms with E-state index >= 15 is 0 Å². The number of hydrogen-bond donors (Lipinski definition) is 1. The zero-order valence-corrected chi connectivity index (χ0v) is 10.9. The van der Waals surface area contributed by atoms with E-state index < -0.39 is 0 Å². The average molecular weight is 226 g/mol. The minimum atomic E-state index is 0.623. The van der Waals surface area contributed by atoms with Crippen molar-refractivity contribution in [2.24, 2.45) is 0 Å². The second kappa shape index (κ2) is 6.96. The molecule has 1 heterocycles. The lowest BCUT2D eigenvalue weighted by atomic mass is 10.1. The Hall–Kier alpha value is -0.410. The minimum absolute atomic E-state index is 0.623. The van der Waals surface area contributed by atoms with E-state index in [1.165, 1.54) is 36.3 Å². The van der Waals surface area contributed by atoms with Crippen molar-refractivity contribution in [1.82, 2.24) is 10.3 Å². The third-order valence-corrected chi connectivity index (χ3v) is 3.63. The van der Waals surface area contributed by atoms with Gasteiger partial charge in [-0.15, -0.1) is 11.3 Å². The molecule has 1 aromatic heterocycles. The first-order valence-corrected chi connectivity index (χ1v) is 6.74. The maximum atomic E-state index is 4.25. The van der Waals surface area contributed by atoms with Crippen molar-refractivity contribution in [3.8, 4) is 0 Å². The number of nitrogens with zero attached hydrogens (tertiary/aromatic N) is 1. The van der Waals surface area contributed by atoms with Gasteiger partial charge in [0.05, 0.1) is 11.2 Å². The molecule has 1 rings (SSSR count). The van der Waals surface area contributed by atoms with Crippen LogP contribution in [0.1, 0.15) is 50.1 Å². The smallest absolute Gasteiger partial charge is 0.0798 e. The van der Waals surface area contributed by atoms with Crippen LogP contribution in [0.5, 0.6) is 0 Å². The summed E-state index contributed by atoms with van der Waals surface area (Å²) < 4.78 is 0. The van der Waals surface area contributed by atoms with Crippen LogP contribution in [0.3, 0.4) is 0 Å². The van der Waals surface area contributed by atoms with E-state index in [0.29, 0.717) is 6.04 Å². The van der Waals surface area contributed by atoms with E-state index in [9.17, 15) is 0 Å². The van der Waals surface area contributed by atoms with Gasteiger partial charge in [-0.05, 0) is 20.3 Å². The third-order valence-electron chi connectivity index (χ3n) is 2.70. The zero-order chi connectivity index (χ0) is 11.1. The number of thiazole rings is 1. The molecule has 1 atom stereocenters. The lowest BCUT2D eigenvalue weighted by molar-refractivity contribution is 0.488. The summed E-state index contributed by atoms with van der Waals surface area (Å²) in [5.74, 6) is 0. The molecule has 0 fully saturated rings. The van der Waals surface area contributed by atoms with Gasteiger partial charge in [-0.3, -0.25) is 0 Å². The molecule has 0 bridgehead atoms. The molecule has 0 spiro atoms. The molecule has 0 amide bonds. The molecule has 1 N–H and O–H groups in total. The Morgan fingerprint density at radius 1 is 1.47 bits per heavy atom. The van der Waals surface area contributed by atoms with Gasteiger partial charge in [0.15, 0.2) is 0 Å². The van der Waals surface area contributed by atoms with Crippen molar-refractivity contribution in [3.63, 3.8) is 0 Å². The first-order valence-electron chi connectivity index (χ1n) is 5.86. The normalized spacial score (nSPS) is 13.0. The first-order chi connectivity index (χ1) is 7.24. The predicted molar refractivity (Wildman–Crippen MR) is 67.3 cm³/mol. The molecule has 86 valence electrons. The van der Waals surface area contributed by atoms with Crippen LogP contribution in [0, 0.1) is 6.92 Å². The van der Waals surface area contributed by atoms with E-state index in [4.69, 9.17) is 0 Å². The summed E-state index contributed by atoms with van der Waals surface area (Å²) in [7, 11) is 0. The molecule has 1 unspecified atom stereocenters. The standard InChI is InChI=1S/C12H22N2S/c1-4-5-6-7-10(2)13-8-12-11(3)14-9-15-12/h9-10,13H,4-8H2,1-3H3. The number of aryl methyl sites for hydroxylation is 1. The fourth-order valence-corrected chi connectivity index (χ4v) is 2.29. The highest BCUT2D eigenvalue weighted by Crippen LogP contribution is 2.12. The van der Waals surface area contributed by atoms with Gasteiger partial charge in [0.1, 0.15) is 0 Å². The maximum absolute atomic E-state index is 4.25. The number of hydrogen-bond acceptors (Lipinski definition) is 3. The highest BCUT2D eigenvalue weighted by Gasteiger charge is 2.04. The van der Waals surface area contributed by atoms with Crippen LogP contribution in [-0.2, 0) is 6.54 Å².